The van der Waals surface area contributed by atoms with Gasteiger partial charge < -0.3 is 10.4 Å². The highest BCUT2D eigenvalue weighted by Crippen LogP contribution is 2.24. The monoisotopic (exact) mass is 340 g/mol. The minimum Gasteiger partial charge on any atom is -0.384 e. The minimum absolute atomic E-state index is 0.349. The van der Waals surface area contributed by atoms with Gasteiger partial charge in [0.15, 0.2) is 0 Å². The molecule has 2 N–H and O–H groups in total. The van der Waals surface area contributed by atoms with Crippen molar-refractivity contribution >= 4 is 33.3 Å². The zero-order valence-corrected chi connectivity index (χ0v) is 12.7. The number of pyridine rings is 1. The Hall–Kier alpha value is -1.10. The summed E-state index contributed by atoms with van der Waals surface area (Å²) in [6.07, 6.45) is 1.70. The summed E-state index contributed by atoms with van der Waals surface area (Å²) in [5.74, 6) is 0.713. The average Bonchev–Trinajstić information content (AvgIpc) is 2.38. The molecule has 100 valence electrons. The molecule has 0 radical (unpaired) electrons. The van der Waals surface area contributed by atoms with Crippen LogP contribution >= 0.6 is 27.5 Å². The lowest BCUT2D eigenvalue weighted by atomic mass is 9.96. The molecular formula is C14H14BrClN2O. The van der Waals surface area contributed by atoms with Crippen molar-refractivity contribution < 1.29 is 5.11 Å². The summed E-state index contributed by atoms with van der Waals surface area (Å²) in [6.45, 7) is 2.09. The van der Waals surface area contributed by atoms with Gasteiger partial charge in [0.25, 0.3) is 0 Å². The molecule has 3 nitrogen and oxygen atoms in total. The third-order valence-electron chi connectivity index (χ3n) is 2.79. The second-order valence-corrected chi connectivity index (χ2v) is 5.85. The highest BCUT2D eigenvalue weighted by molar-refractivity contribution is 9.10. The zero-order chi connectivity index (χ0) is 13.9. The molecule has 2 aromatic rings. The van der Waals surface area contributed by atoms with Crippen LogP contribution in [0.15, 0.2) is 47.1 Å². The molecule has 1 unspecified atom stereocenters. The summed E-state index contributed by atoms with van der Waals surface area (Å²) in [5, 5.41) is 14.2. The van der Waals surface area contributed by atoms with Gasteiger partial charge in [-0.25, -0.2) is 4.98 Å². The van der Waals surface area contributed by atoms with Gasteiger partial charge in [-0.15, -0.1) is 0 Å². The van der Waals surface area contributed by atoms with Gasteiger partial charge in [0.1, 0.15) is 11.4 Å². The van der Waals surface area contributed by atoms with Crippen LogP contribution in [0.4, 0.5) is 5.82 Å². The van der Waals surface area contributed by atoms with Crippen LogP contribution in [0.25, 0.3) is 0 Å². The summed E-state index contributed by atoms with van der Waals surface area (Å²) in [4.78, 5) is 4.20. The number of rotatable bonds is 4. The van der Waals surface area contributed by atoms with Crippen molar-refractivity contribution in [2.45, 2.75) is 12.5 Å². The molecule has 0 saturated heterocycles. The number of hydrogen-bond acceptors (Lipinski definition) is 3. The Bertz CT molecular complexity index is 558. The number of nitrogens with one attached hydrogen (secondary N) is 1. The van der Waals surface area contributed by atoms with E-state index in [-0.39, 0.29) is 0 Å². The van der Waals surface area contributed by atoms with Crippen molar-refractivity contribution in [2.24, 2.45) is 0 Å². The third-order valence-corrected chi connectivity index (χ3v) is 3.49. The maximum absolute atomic E-state index is 10.5. The molecule has 0 aliphatic carbocycles. The number of anilines is 1. The molecule has 0 fully saturated rings. The molecule has 0 aliphatic heterocycles. The molecule has 19 heavy (non-hydrogen) atoms. The average molecular weight is 342 g/mol. The third kappa shape index (κ3) is 3.93. The van der Waals surface area contributed by atoms with Crippen molar-refractivity contribution in [2.75, 3.05) is 11.9 Å². The van der Waals surface area contributed by atoms with Crippen molar-refractivity contribution in [1.29, 1.82) is 0 Å². The van der Waals surface area contributed by atoms with Crippen molar-refractivity contribution in [3.05, 3.63) is 57.7 Å². The van der Waals surface area contributed by atoms with E-state index in [9.17, 15) is 5.11 Å². The van der Waals surface area contributed by atoms with Crippen LogP contribution in [-0.2, 0) is 5.60 Å². The first-order chi connectivity index (χ1) is 8.97. The van der Waals surface area contributed by atoms with E-state index >= 15 is 0 Å². The van der Waals surface area contributed by atoms with Crippen molar-refractivity contribution in [1.82, 2.24) is 4.98 Å². The molecule has 0 amide bonds. The molecule has 1 aromatic heterocycles. The minimum atomic E-state index is -1.01. The summed E-state index contributed by atoms with van der Waals surface area (Å²) < 4.78 is 0.916. The molecule has 1 aromatic carbocycles. The lowest BCUT2D eigenvalue weighted by molar-refractivity contribution is 0.0714. The van der Waals surface area contributed by atoms with E-state index in [4.69, 9.17) is 11.6 Å². The van der Waals surface area contributed by atoms with Crippen LogP contribution in [-0.4, -0.2) is 16.6 Å². The number of aromatic nitrogens is 1. The Kier molecular flexibility index (Phi) is 4.45. The lowest BCUT2D eigenvalue weighted by Crippen LogP contribution is -2.30. The van der Waals surface area contributed by atoms with E-state index in [1.807, 2.05) is 24.3 Å². The standard InChI is InChI=1S/C14H14BrClN2O/c1-14(19,10-3-2-4-12(16)7-10)9-18-13-6-5-11(15)8-17-13/h2-8,19H,9H2,1H3,(H,17,18). The van der Waals surface area contributed by atoms with Crippen LogP contribution in [0.1, 0.15) is 12.5 Å². The molecule has 1 heterocycles. The Balaban J connectivity index is 2.07. The first-order valence-corrected chi connectivity index (χ1v) is 6.98. The number of nitrogens with zero attached hydrogens (tertiary/aromatic N) is 1. The van der Waals surface area contributed by atoms with Crippen molar-refractivity contribution in [3.8, 4) is 0 Å². The smallest absolute Gasteiger partial charge is 0.126 e. The first-order valence-electron chi connectivity index (χ1n) is 5.81. The Labute approximate surface area is 125 Å². The van der Waals surface area contributed by atoms with E-state index in [0.717, 1.165) is 10.0 Å². The fourth-order valence-electron chi connectivity index (χ4n) is 1.67. The fourth-order valence-corrected chi connectivity index (χ4v) is 2.09. The predicted octanol–water partition coefficient (Wildman–Crippen LogP) is 3.82. The molecular weight excluding hydrogens is 328 g/mol. The van der Waals surface area contributed by atoms with Crippen LogP contribution in [0.5, 0.6) is 0 Å². The predicted molar refractivity (Wildman–Crippen MR) is 81.4 cm³/mol. The number of halogens is 2. The number of aliphatic hydroxyl groups is 1. The van der Waals surface area contributed by atoms with Crippen LogP contribution in [0.3, 0.4) is 0 Å². The van der Waals surface area contributed by atoms with E-state index in [2.05, 4.69) is 26.2 Å². The van der Waals surface area contributed by atoms with Gasteiger partial charge in [-0.3, -0.25) is 0 Å². The first kappa shape index (κ1) is 14.3. The molecule has 1 atom stereocenters. The van der Waals surface area contributed by atoms with Gasteiger partial charge in [-0.1, -0.05) is 23.7 Å². The SMILES string of the molecule is CC(O)(CNc1ccc(Br)cn1)c1cccc(Cl)c1. The Morgan fingerprint density at radius 3 is 2.79 bits per heavy atom. The Morgan fingerprint density at radius 2 is 2.16 bits per heavy atom. The largest absolute Gasteiger partial charge is 0.384 e. The van der Waals surface area contributed by atoms with E-state index in [0.29, 0.717) is 17.4 Å². The van der Waals surface area contributed by atoms with E-state index in [1.54, 1.807) is 25.3 Å². The molecule has 2 rings (SSSR count). The molecule has 0 aliphatic rings. The normalized spacial score (nSPS) is 13.9. The second-order valence-electron chi connectivity index (χ2n) is 4.50. The highest BCUT2D eigenvalue weighted by Gasteiger charge is 2.23. The van der Waals surface area contributed by atoms with E-state index in [1.165, 1.54) is 0 Å². The van der Waals surface area contributed by atoms with Gasteiger partial charge in [0.2, 0.25) is 0 Å². The van der Waals surface area contributed by atoms with Gasteiger partial charge in [-0.2, -0.15) is 0 Å². The molecule has 5 heteroatoms. The second kappa shape index (κ2) is 5.90. The van der Waals surface area contributed by atoms with Crippen LogP contribution < -0.4 is 5.32 Å². The van der Waals surface area contributed by atoms with Gasteiger partial charge in [0.05, 0.1) is 0 Å². The molecule has 0 saturated carbocycles. The van der Waals surface area contributed by atoms with Crippen LogP contribution in [0, 0.1) is 0 Å². The number of benzene rings is 1. The quantitative estimate of drug-likeness (QED) is 0.888. The Morgan fingerprint density at radius 1 is 1.37 bits per heavy atom. The maximum atomic E-state index is 10.5. The highest BCUT2D eigenvalue weighted by atomic mass is 79.9. The molecule has 0 spiro atoms. The van der Waals surface area contributed by atoms with Crippen LogP contribution in [0.2, 0.25) is 5.02 Å². The summed E-state index contributed by atoms with van der Waals surface area (Å²) in [5.41, 5.74) is -0.246. The topological polar surface area (TPSA) is 45.1 Å². The van der Waals surface area contributed by atoms with E-state index < -0.39 is 5.60 Å². The number of hydrogen-bond donors (Lipinski definition) is 2. The fraction of sp³-hybridized carbons (Fsp3) is 0.214. The summed E-state index contributed by atoms with van der Waals surface area (Å²) >= 11 is 9.26. The summed E-state index contributed by atoms with van der Waals surface area (Å²) in [6, 6.07) is 11.0. The summed E-state index contributed by atoms with van der Waals surface area (Å²) in [7, 11) is 0. The zero-order valence-electron chi connectivity index (χ0n) is 10.4. The van der Waals surface area contributed by atoms with Gasteiger partial charge in [0, 0.05) is 22.2 Å². The molecule has 0 bridgehead atoms. The van der Waals surface area contributed by atoms with Gasteiger partial charge >= 0.3 is 0 Å². The van der Waals surface area contributed by atoms with Crippen molar-refractivity contribution in [3.63, 3.8) is 0 Å². The maximum Gasteiger partial charge on any atom is 0.126 e. The lowest BCUT2D eigenvalue weighted by Gasteiger charge is -2.24. The van der Waals surface area contributed by atoms with Gasteiger partial charge in [-0.05, 0) is 52.7 Å².